The van der Waals surface area contributed by atoms with Crippen molar-refractivity contribution in [1.82, 2.24) is 0 Å². The Balaban J connectivity index is 0.000000249. The lowest BCUT2D eigenvalue weighted by Crippen LogP contribution is -1.73. The summed E-state index contributed by atoms with van der Waals surface area (Å²) in [4.78, 5) is 0. The third-order valence-corrected chi connectivity index (χ3v) is 8.63. The Morgan fingerprint density at radius 3 is 1.24 bits per heavy atom. The summed E-state index contributed by atoms with van der Waals surface area (Å²) in [5.74, 6) is 0. The van der Waals surface area contributed by atoms with E-state index < -0.39 is 0 Å². The highest BCUT2D eigenvalue weighted by atomic mass is 33.2. The van der Waals surface area contributed by atoms with Crippen LogP contribution in [0.25, 0.3) is 11.1 Å². The third kappa shape index (κ3) is 6.35. The third-order valence-electron chi connectivity index (χ3n) is 1.96. The van der Waals surface area contributed by atoms with Crippen LogP contribution in [0.3, 0.4) is 0 Å². The van der Waals surface area contributed by atoms with Crippen LogP contribution >= 0.6 is 24.1 Å². The van der Waals surface area contributed by atoms with Gasteiger partial charge in [-0.25, -0.2) is 0 Å². The summed E-state index contributed by atoms with van der Waals surface area (Å²) in [6, 6.07) is 20.8. The van der Waals surface area contributed by atoms with E-state index in [-0.39, 0.29) is 0 Å². The van der Waals surface area contributed by atoms with Gasteiger partial charge in [-0.2, -0.15) is 0 Å². The summed E-state index contributed by atoms with van der Waals surface area (Å²) in [6.07, 6.45) is 0. The molecule has 0 aliphatic rings. The van der Waals surface area contributed by atoms with Gasteiger partial charge >= 0.3 is 11.0 Å². The minimum atomic E-state index is 0.566. The summed E-state index contributed by atoms with van der Waals surface area (Å²) >= 11 is 10.8. The molecule has 0 fully saturated rings. The predicted molar refractivity (Wildman–Crippen MR) is 90.8 cm³/mol. The molecule has 0 saturated carbocycles. The average Bonchev–Trinajstić information content (AvgIpc) is 2.42. The first-order chi connectivity index (χ1) is 8.38. The Morgan fingerprint density at radius 2 is 1.00 bits per heavy atom. The van der Waals surface area contributed by atoms with Gasteiger partial charge in [-0.3, -0.25) is 0 Å². The van der Waals surface area contributed by atoms with Crippen molar-refractivity contribution in [2.45, 2.75) is 0 Å². The standard InChI is InChI=1S/C12H10.P2S3/c1-3-7-11(8-4-1)12-9-5-2-6-10-12;3-1-5-2-4/h1-10H;/p+2. The van der Waals surface area contributed by atoms with Crippen LogP contribution in [-0.4, -0.2) is 0 Å². The molecule has 0 aromatic heterocycles. The van der Waals surface area contributed by atoms with Crippen molar-refractivity contribution in [3.05, 3.63) is 60.7 Å². The second-order valence-electron chi connectivity index (χ2n) is 3.00. The molecule has 86 valence electrons. The summed E-state index contributed by atoms with van der Waals surface area (Å²) in [7, 11) is 0. The van der Waals surface area contributed by atoms with E-state index in [1.165, 1.54) is 11.1 Å². The SMILES string of the molecule is S=[PH+]S[PH+]=S.c1ccc(-c2ccccc2)cc1. The van der Waals surface area contributed by atoms with E-state index in [0.29, 0.717) is 13.1 Å². The molecule has 2 aromatic carbocycles. The minimum absolute atomic E-state index is 0.566. The van der Waals surface area contributed by atoms with Gasteiger partial charge in [0, 0.05) is 0 Å². The van der Waals surface area contributed by atoms with Crippen LogP contribution in [0.5, 0.6) is 0 Å². The second kappa shape index (κ2) is 9.82. The van der Waals surface area contributed by atoms with Crippen LogP contribution in [0.4, 0.5) is 0 Å². The Kier molecular flexibility index (Phi) is 8.60. The maximum Gasteiger partial charge on any atom is 0.338 e. The predicted octanol–water partition coefficient (Wildman–Crippen LogP) is 5.18. The number of benzene rings is 2. The van der Waals surface area contributed by atoms with Gasteiger partial charge in [-0.15, -0.1) is 0 Å². The Morgan fingerprint density at radius 1 is 0.647 bits per heavy atom. The molecular weight excluding hydrogens is 302 g/mol. The van der Waals surface area contributed by atoms with Gasteiger partial charge in [0.25, 0.3) is 13.1 Å². The highest BCUT2D eigenvalue weighted by Crippen LogP contribution is 2.30. The average molecular weight is 314 g/mol. The molecule has 0 bridgehead atoms. The first-order valence-corrected chi connectivity index (χ1v) is 11.4. The first kappa shape index (κ1) is 14.9. The van der Waals surface area contributed by atoms with Crippen molar-refractivity contribution in [2.75, 3.05) is 0 Å². The largest absolute Gasteiger partial charge is 0.338 e. The summed E-state index contributed by atoms with van der Waals surface area (Å²) in [5.41, 5.74) is 2.55. The highest BCUT2D eigenvalue weighted by Gasteiger charge is 1.91. The van der Waals surface area contributed by atoms with Gasteiger partial charge in [0.05, 0.1) is 0 Å². The van der Waals surface area contributed by atoms with Crippen LogP contribution in [0, 0.1) is 0 Å². The van der Waals surface area contributed by atoms with Crippen LogP contribution < -0.4 is 0 Å². The maximum absolute atomic E-state index is 4.58. The summed E-state index contributed by atoms with van der Waals surface area (Å²) < 4.78 is 0. The quantitative estimate of drug-likeness (QED) is 0.716. The van der Waals surface area contributed by atoms with Gasteiger partial charge < -0.3 is 0 Å². The van der Waals surface area contributed by atoms with Crippen LogP contribution in [0.15, 0.2) is 60.7 Å². The second-order valence-corrected chi connectivity index (χ2v) is 9.99. The molecule has 0 N–H and O–H groups in total. The molecule has 0 unspecified atom stereocenters. The van der Waals surface area contributed by atoms with Crippen LogP contribution in [-0.2, 0) is 23.6 Å². The van der Waals surface area contributed by atoms with E-state index >= 15 is 0 Å². The zero-order chi connectivity index (χ0) is 12.3. The van der Waals surface area contributed by atoms with E-state index in [0.717, 1.165) is 0 Å². The Hall–Kier alpha value is -0.170. The molecule has 0 amide bonds. The fourth-order valence-corrected chi connectivity index (χ4v) is 5.39. The van der Waals surface area contributed by atoms with E-state index in [1.807, 2.05) is 12.1 Å². The lowest BCUT2D eigenvalue weighted by molar-refractivity contribution is 1.62. The zero-order valence-corrected chi connectivity index (χ0v) is 13.4. The van der Waals surface area contributed by atoms with Crippen molar-refractivity contribution in [1.29, 1.82) is 0 Å². The maximum atomic E-state index is 4.58. The number of hydrogen-bond acceptors (Lipinski definition) is 3. The lowest BCUT2D eigenvalue weighted by Gasteiger charge is -1.98. The lowest BCUT2D eigenvalue weighted by atomic mass is 10.1. The molecule has 0 aliphatic heterocycles. The van der Waals surface area contributed by atoms with Crippen molar-refractivity contribution >= 4 is 47.7 Å². The summed E-state index contributed by atoms with van der Waals surface area (Å²) in [6.45, 7) is 1.13. The number of hydrogen-bond donors (Lipinski definition) is 0. The smallest absolute Gasteiger partial charge is 0.0622 e. The molecule has 0 radical (unpaired) electrons. The van der Waals surface area contributed by atoms with Crippen molar-refractivity contribution in [3.8, 4) is 11.1 Å². The monoisotopic (exact) mass is 314 g/mol. The Labute approximate surface area is 119 Å². The minimum Gasteiger partial charge on any atom is -0.0622 e. The first-order valence-electron chi connectivity index (χ1n) is 4.89. The number of rotatable bonds is 3. The van der Waals surface area contributed by atoms with E-state index in [1.54, 1.807) is 11.0 Å². The zero-order valence-electron chi connectivity index (χ0n) is 9.00. The highest BCUT2D eigenvalue weighted by molar-refractivity contribution is 8.85. The molecule has 0 nitrogen and oxygen atoms in total. The normalized spacial score (nSPS) is 9.65. The molecule has 17 heavy (non-hydrogen) atoms. The molecular formula is C12H12P2S3+2. The molecule has 0 heterocycles. The van der Waals surface area contributed by atoms with Gasteiger partial charge in [-0.1, -0.05) is 60.7 Å². The van der Waals surface area contributed by atoms with Gasteiger partial charge in [-0.05, 0) is 11.1 Å². The molecule has 0 aliphatic carbocycles. The fraction of sp³-hybridized carbons (Fsp3) is 0. The molecule has 2 rings (SSSR count). The van der Waals surface area contributed by atoms with E-state index in [2.05, 4.69) is 72.1 Å². The molecule has 0 saturated heterocycles. The van der Waals surface area contributed by atoms with E-state index in [4.69, 9.17) is 0 Å². The molecule has 5 heteroatoms. The molecule has 2 aromatic rings. The van der Waals surface area contributed by atoms with E-state index in [9.17, 15) is 0 Å². The van der Waals surface area contributed by atoms with Gasteiger partial charge in [0.15, 0.2) is 23.6 Å². The Bertz CT molecular complexity index is 402. The van der Waals surface area contributed by atoms with Gasteiger partial charge in [0.2, 0.25) is 0 Å². The van der Waals surface area contributed by atoms with Gasteiger partial charge in [0.1, 0.15) is 0 Å². The van der Waals surface area contributed by atoms with Crippen molar-refractivity contribution < 1.29 is 0 Å². The molecule has 0 spiro atoms. The molecule has 0 atom stereocenters. The van der Waals surface area contributed by atoms with Crippen molar-refractivity contribution in [3.63, 3.8) is 0 Å². The summed E-state index contributed by atoms with van der Waals surface area (Å²) in [5, 5.41) is 0. The van der Waals surface area contributed by atoms with Crippen LogP contribution in [0.2, 0.25) is 0 Å². The fourth-order valence-electron chi connectivity index (χ4n) is 1.28. The topological polar surface area (TPSA) is 0 Å². The van der Waals surface area contributed by atoms with Crippen molar-refractivity contribution in [2.24, 2.45) is 0 Å². The van der Waals surface area contributed by atoms with Crippen LogP contribution in [0.1, 0.15) is 0 Å².